The number of amides is 2. The first-order chi connectivity index (χ1) is 14.1. The summed E-state index contributed by atoms with van der Waals surface area (Å²) in [5.74, 6) is -0.794. The lowest BCUT2D eigenvalue weighted by atomic mass is 10.1. The second-order valence-electron chi connectivity index (χ2n) is 6.94. The summed E-state index contributed by atoms with van der Waals surface area (Å²) in [6, 6.07) is 10.5. The highest BCUT2D eigenvalue weighted by Crippen LogP contribution is 2.43. The van der Waals surface area contributed by atoms with Crippen LogP contribution in [-0.4, -0.2) is 28.5 Å². The maximum Gasteiger partial charge on any atom is 0.416 e. The van der Waals surface area contributed by atoms with Crippen molar-refractivity contribution in [3.63, 3.8) is 0 Å². The van der Waals surface area contributed by atoms with E-state index in [1.54, 1.807) is 19.1 Å². The maximum absolute atomic E-state index is 12.9. The van der Waals surface area contributed by atoms with Crippen molar-refractivity contribution >= 4 is 23.6 Å². The lowest BCUT2D eigenvalue weighted by Crippen LogP contribution is -2.34. The van der Waals surface area contributed by atoms with E-state index in [4.69, 9.17) is 0 Å². The van der Waals surface area contributed by atoms with E-state index in [2.05, 4.69) is 5.32 Å². The third kappa shape index (κ3) is 5.33. The van der Waals surface area contributed by atoms with Gasteiger partial charge in [-0.1, -0.05) is 24.3 Å². The summed E-state index contributed by atoms with van der Waals surface area (Å²) >= 11 is 1.34. The number of thioether (sulfide) groups is 1. The van der Waals surface area contributed by atoms with E-state index < -0.39 is 17.1 Å². The van der Waals surface area contributed by atoms with Crippen molar-refractivity contribution in [2.75, 3.05) is 6.54 Å². The minimum absolute atomic E-state index is 0.0529. The van der Waals surface area contributed by atoms with Gasteiger partial charge in [0.15, 0.2) is 0 Å². The van der Waals surface area contributed by atoms with Gasteiger partial charge in [-0.05, 0) is 42.3 Å². The van der Waals surface area contributed by atoms with Crippen LogP contribution in [0.15, 0.2) is 48.5 Å². The molecule has 4 nitrogen and oxygen atoms in total. The zero-order chi connectivity index (χ0) is 21.9. The largest absolute Gasteiger partial charge is 0.416 e. The Balaban J connectivity index is 1.60. The number of carbonyl (C=O) groups excluding carboxylic acids is 2. The van der Waals surface area contributed by atoms with Crippen molar-refractivity contribution in [2.45, 2.75) is 36.7 Å². The zero-order valence-electron chi connectivity index (χ0n) is 16.1. The first kappa shape index (κ1) is 22.1. The molecule has 1 heterocycles. The van der Waals surface area contributed by atoms with Crippen LogP contribution < -0.4 is 5.32 Å². The maximum atomic E-state index is 12.9. The number of carbonyl (C=O) groups is 2. The first-order valence-corrected chi connectivity index (χ1v) is 10.2. The van der Waals surface area contributed by atoms with E-state index in [0.717, 1.165) is 17.7 Å². The Morgan fingerprint density at radius 3 is 2.33 bits per heavy atom. The molecule has 9 heteroatoms. The Labute approximate surface area is 175 Å². The van der Waals surface area contributed by atoms with E-state index in [-0.39, 0.29) is 42.4 Å². The van der Waals surface area contributed by atoms with Crippen molar-refractivity contribution in [3.05, 3.63) is 71.0 Å². The van der Waals surface area contributed by atoms with Crippen molar-refractivity contribution in [1.82, 2.24) is 10.2 Å². The molecule has 2 aromatic rings. The molecular formula is C21H20F4N2O2S. The van der Waals surface area contributed by atoms with Crippen LogP contribution in [0.2, 0.25) is 0 Å². The fourth-order valence-electron chi connectivity index (χ4n) is 3.11. The summed E-state index contributed by atoms with van der Waals surface area (Å²) in [4.78, 5) is 26.2. The highest BCUT2D eigenvalue weighted by molar-refractivity contribution is 8.01. The van der Waals surface area contributed by atoms with Crippen LogP contribution in [0.5, 0.6) is 0 Å². The molecule has 160 valence electrons. The van der Waals surface area contributed by atoms with Crippen LogP contribution in [0.3, 0.4) is 0 Å². The van der Waals surface area contributed by atoms with Crippen LogP contribution in [-0.2, 0) is 22.3 Å². The van der Waals surface area contributed by atoms with Crippen LogP contribution in [0.1, 0.15) is 35.4 Å². The Morgan fingerprint density at radius 2 is 1.73 bits per heavy atom. The molecule has 2 amide bonds. The van der Waals surface area contributed by atoms with Crippen molar-refractivity contribution < 1.29 is 27.2 Å². The predicted molar refractivity (Wildman–Crippen MR) is 106 cm³/mol. The number of nitrogens with zero attached hydrogens (tertiary/aromatic N) is 1. The Hall–Kier alpha value is -2.55. The second-order valence-corrected chi connectivity index (χ2v) is 8.36. The number of alkyl halides is 3. The summed E-state index contributed by atoms with van der Waals surface area (Å²) < 4.78 is 51.3. The van der Waals surface area contributed by atoms with Crippen LogP contribution in [0.25, 0.3) is 0 Å². The molecule has 0 saturated carbocycles. The monoisotopic (exact) mass is 440 g/mol. The van der Waals surface area contributed by atoms with Gasteiger partial charge in [-0.3, -0.25) is 9.59 Å². The number of benzene rings is 2. The molecule has 1 fully saturated rings. The first-order valence-electron chi connectivity index (χ1n) is 9.29. The Morgan fingerprint density at radius 1 is 1.10 bits per heavy atom. The van der Waals surface area contributed by atoms with Gasteiger partial charge in [0.1, 0.15) is 11.2 Å². The molecular weight excluding hydrogens is 420 g/mol. The SMILES string of the molecule is C[C@@H]1S[C@@H](c2ccc(C(F)(F)F)cc2)N(CCC(=O)NCc2ccc(F)cc2)C1=O. The van der Waals surface area contributed by atoms with Gasteiger partial charge < -0.3 is 10.2 Å². The zero-order valence-corrected chi connectivity index (χ0v) is 16.9. The van der Waals surface area contributed by atoms with E-state index in [1.165, 1.54) is 40.9 Å². The van der Waals surface area contributed by atoms with Crippen molar-refractivity contribution in [1.29, 1.82) is 0 Å². The topological polar surface area (TPSA) is 49.4 Å². The van der Waals surface area contributed by atoms with Gasteiger partial charge in [0.25, 0.3) is 0 Å². The Bertz CT molecular complexity index is 901. The molecule has 0 aromatic heterocycles. The average Bonchev–Trinajstić information content (AvgIpc) is 2.99. The van der Waals surface area contributed by atoms with Gasteiger partial charge in [-0.2, -0.15) is 13.2 Å². The molecule has 0 radical (unpaired) electrons. The molecule has 0 aliphatic carbocycles. The molecule has 1 aliphatic rings. The van der Waals surface area contributed by atoms with Crippen LogP contribution in [0.4, 0.5) is 17.6 Å². The van der Waals surface area contributed by atoms with Crippen molar-refractivity contribution in [2.24, 2.45) is 0 Å². The molecule has 0 spiro atoms. The molecule has 3 rings (SSSR count). The van der Waals surface area contributed by atoms with Crippen LogP contribution >= 0.6 is 11.8 Å². The summed E-state index contributed by atoms with van der Waals surface area (Å²) in [5.41, 5.74) is 0.576. The lowest BCUT2D eigenvalue weighted by Gasteiger charge is -2.24. The molecule has 1 aliphatic heterocycles. The molecule has 2 aromatic carbocycles. The summed E-state index contributed by atoms with van der Waals surface area (Å²) in [6.45, 7) is 2.12. The highest BCUT2D eigenvalue weighted by Gasteiger charge is 2.39. The number of halogens is 4. The van der Waals surface area contributed by atoms with Gasteiger partial charge in [0.2, 0.25) is 11.8 Å². The molecule has 30 heavy (non-hydrogen) atoms. The molecule has 0 unspecified atom stereocenters. The summed E-state index contributed by atoms with van der Waals surface area (Å²) in [7, 11) is 0. The fourth-order valence-corrected chi connectivity index (χ4v) is 4.42. The number of hydrogen-bond donors (Lipinski definition) is 1. The highest BCUT2D eigenvalue weighted by atomic mass is 32.2. The van der Waals surface area contributed by atoms with Crippen LogP contribution in [0, 0.1) is 5.82 Å². The minimum atomic E-state index is -4.42. The fraction of sp³-hybridized carbons (Fsp3) is 0.333. The van der Waals surface area contributed by atoms with E-state index in [1.807, 2.05) is 0 Å². The quantitative estimate of drug-likeness (QED) is 0.673. The summed E-state index contributed by atoms with van der Waals surface area (Å²) in [6.07, 6.45) is -4.37. The minimum Gasteiger partial charge on any atom is -0.352 e. The second kappa shape index (κ2) is 9.07. The van der Waals surface area contributed by atoms with Gasteiger partial charge in [-0.15, -0.1) is 11.8 Å². The number of hydrogen-bond acceptors (Lipinski definition) is 3. The molecule has 1 saturated heterocycles. The third-order valence-corrected chi connectivity index (χ3v) is 6.15. The smallest absolute Gasteiger partial charge is 0.352 e. The summed E-state index contributed by atoms with van der Waals surface area (Å²) in [5, 5.41) is 1.92. The van der Waals surface area contributed by atoms with Gasteiger partial charge in [-0.25, -0.2) is 4.39 Å². The standard InChI is InChI=1S/C21H20F4N2O2S/c1-13-19(29)27(11-10-18(28)26-12-14-2-8-17(22)9-3-14)20(30-13)15-4-6-16(7-5-15)21(23,24)25/h2-9,13,20H,10-12H2,1H3,(H,26,28)/t13-,20-/m0/s1. The van der Waals surface area contributed by atoms with E-state index in [9.17, 15) is 27.2 Å². The molecule has 0 bridgehead atoms. The lowest BCUT2D eigenvalue weighted by molar-refractivity contribution is -0.137. The normalized spacial score (nSPS) is 19.2. The third-order valence-electron chi connectivity index (χ3n) is 4.75. The Kier molecular flexibility index (Phi) is 6.70. The van der Waals surface area contributed by atoms with Gasteiger partial charge in [0, 0.05) is 19.5 Å². The van der Waals surface area contributed by atoms with Gasteiger partial charge in [0.05, 0.1) is 10.8 Å². The van der Waals surface area contributed by atoms with E-state index in [0.29, 0.717) is 5.56 Å². The molecule has 2 atom stereocenters. The van der Waals surface area contributed by atoms with Crippen molar-refractivity contribution in [3.8, 4) is 0 Å². The van der Waals surface area contributed by atoms with Gasteiger partial charge >= 0.3 is 6.18 Å². The predicted octanol–water partition coefficient (Wildman–Crippen LogP) is 4.51. The number of rotatable bonds is 6. The van der Waals surface area contributed by atoms with E-state index >= 15 is 0 Å². The number of nitrogens with one attached hydrogen (secondary N) is 1. The molecule has 1 N–H and O–H groups in total. The average molecular weight is 440 g/mol.